The number of nitrogens with zero attached hydrogens (tertiary/aromatic N) is 1. The van der Waals surface area contributed by atoms with Gasteiger partial charge in [0.1, 0.15) is 0 Å². The first-order valence-electron chi connectivity index (χ1n) is 7.72. The SMILES string of the molecule is NC(=O)CN(CCOC1CCCCO1)C1CCNCC1. The number of ether oxygens (including phenoxy) is 2. The van der Waals surface area contributed by atoms with E-state index in [0.717, 1.165) is 51.9 Å². The van der Waals surface area contributed by atoms with E-state index < -0.39 is 0 Å². The third-order valence-electron chi connectivity index (χ3n) is 4.00. The van der Waals surface area contributed by atoms with E-state index in [1.165, 1.54) is 6.42 Å². The van der Waals surface area contributed by atoms with Gasteiger partial charge in [-0.3, -0.25) is 9.69 Å². The molecule has 20 heavy (non-hydrogen) atoms. The second-order valence-electron chi connectivity index (χ2n) is 5.58. The van der Waals surface area contributed by atoms with E-state index in [4.69, 9.17) is 15.2 Å². The molecule has 0 spiro atoms. The highest BCUT2D eigenvalue weighted by atomic mass is 16.7. The van der Waals surface area contributed by atoms with E-state index in [2.05, 4.69) is 10.2 Å². The molecule has 2 fully saturated rings. The van der Waals surface area contributed by atoms with Crippen LogP contribution in [0.2, 0.25) is 0 Å². The van der Waals surface area contributed by atoms with Gasteiger partial charge in [-0.25, -0.2) is 0 Å². The Kier molecular flexibility index (Phi) is 6.72. The Morgan fingerprint density at radius 1 is 1.30 bits per heavy atom. The highest BCUT2D eigenvalue weighted by Crippen LogP contribution is 2.15. The zero-order valence-electron chi connectivity index (χ0n) is 12.2. The van der Waals surface area contributed by atoms with Gasteiger partial charge in [-0.1, -0.05) is 0 Å². The minimum atomic E-state index is -0.266. The highest BCUT2D eigenvalue weighted by Gasteiger charge is 2.22. The second kappa shape index (κ2) is 8.56. The molecule has 116 valence electrons. The maximum absolute atomic E-state index is 11.2. The molecule has 2 aliphatic heterocycles. The number of nitrogens with two attached hydrogens (primary N) is 1. The summed E-state index contributed by atoms with van der Waals surface area (Å²) in [7, 11) is 0. The molecule has 2 rings (SSSR count). The molecule has 2 heterocycles. The molecular formula is C14H27N3O3. The first-order chi connectivity index (χ1) is 9.75. The number of nitrogens with one attached hydrogen (secondary N) is 1. The Hall–Kier alpha value is -0.690. The molecule has 2 aliphatic rings. The van der Waals surface area contributed by atoms with Crippen molar-refractivity contribution in [2.75, 3.05) is 39.4 Å². The molecule has 3 N–H and O–H groups in total. The molecule has 1 atom stereocenters. The lowest BCUT2D eigenvalue weighted by Gasteiger charge is -2.34. The molecule has 0 aromatic heterocycles. The van der Waals surface area contributed by atoms with Gasteiger partial charge >= 0.3 is 0 Å². The molecule has 1 unspecified atom stereocenters. The van der Waals surface area contributed by atoms with Crippen LogP contribution in [0.15, 0.2) is 0 Å². The Labute approximate surface area is 121 Å². The van der Waals surface area contributed by atoms with Crippen LogP contribution in [0.1, 0.15) is 32.1 Å². The van der Waals surface area contributed by atoms with Crippen LogP contribution in [0.3, 0.4) is 0 Å². The molecule has 0 radical (unpaired) electrons. The van der Waals surface area contributed by atoms with Gasteiger partial charge in [0.15, 0.2) is 6.29 Å². The van der Waals surface area contributed by atoms with Crippen molar-refractivity contribution in [1.29, 1.82) is 0 Å². The summed E-state index contributed by atoms with van der Waals surface area (Å²) in [5.74, 6) is -0.266. The van der Waals surface area contributed by atoms with Crippen LogP contribution < -0.4 is 11.1 Å². The Morgan fingerprint density at radius 3 is 2.75 bits per heavy atom. The van der Waals surface area contributed by atoms with Crippen molar-refractivity contribution in [3.8, 4) is 0 Å². The number of primary amides is 1. The van der Waals surface area contributed by atoms with Crippen molar-refractivity contribution in [1.82, 2.24) is 10.2 Å². The number of piperidine rings is 1. The average molecular weight is 285 g/mol. The number of carbonyl (C=O) groups excluding carboxylic acids is 1. The Balaban J connectivity index is 1.72. The summed E-state index contributed by atoms with van der Waals surface area (Å²) >= 11 is 0. The average Bonchev–Trinajstić information content (AvgIpc) is 2.48. The van der Waals surface area contributed by atoms with E-state index in [1.54, 1.807) is 0 Å². The van der Waals surface area contributed by atoms with Gasteiger partial charge in [-0.2, -0.15) is 0 Å². The summed E-state index contributed by atoms with van der Waals surface area (Å²) in [5.41, 5.74) is 5.35. The van der Waals surface area contributed by atoms with E-state index in [-0.39, 0.29) is 12.2 Å². The fourth-order valence-electron chi connectivity index (χ4n) is 2.91. The summed E-state index contributed by atoms with van der Waals surface area (Å²) < 4.78 is 11.3. The Bertz CT molecular complexity index is 289. The molecule has 0 aliphatic carbocycles. The number of hydrogen-bond acceptors (Lipinski definition) is 5. The van der Waals surface area contributed by atoms with Crippen LogP contribution in [0, 0.1) is 0 Å². The van der Waals surface area contributed by atoms with Gasteiger partial charge in [0.05, 0.1) is 13.2 Å². The standard InChI is InChI=1S/C14H27N3O3/c15-13(18)11-17(12-4-6-16-7-5-12)8-10-20-14-3-1-2-9-19-14/h12,14,16H,1-11H2,(H2,15,18). The van der Waals surface area contributed by atoms with Gasteiger partial charge in [0, 0.05) is 19.2 Å². The summed E-state index contributed by atoms with van der Waals surface area (Å²) in [6.07, 6.45) is 5.34. The smallest absolute Gasteiger partial charge is 0.231 e. The fraction of sp³-hybridized carbons (Fsp3) is 0.929. The van der Waals surface area contributed by atoms with Crippen LogP contribution in [0.5, 0.6) is 0 Å². The topological polar surface area (TPSA) is 76.8 Å². The van der Waals surface area contributed by atoms with Crippen molar-refractivity contribution >= 4 is 5.91 Å². The molecule has 6 heteroatoms. The van der Waals surface area contributed by atoms with Crippen molar-refractivity contribution < 1.29 is 14.3 Å². The zero-order valence-corrected chi connectivity index (χ0v) is 12.2. The lowest BCUT2D eigenvalue weighted by atomic mass is 10.0. The van der Waals surface area contributed by atoms with Crippen LogP contribution in [0.4, 0.5) is 0 Å². The number of amides is 1. The van der Waals surface area contributed by atoms with Crippen molar-refractivity contribution in [2.24, 2.45) is 5.73 Å². The van der Waals surface area contributed by atoms with Crippen molar-refractivity contribution in [3.05, 3.63) is 0 Å². The quantitative estimate of drug-likeness (QED) is 0.692. The second-order valence-corrected chi connectivity index (χ2v) is 5.58. The third-order valence-corrected chi connectivity index (χ3v) is 4.00. The lowest BCUT2D eigenvalue weighted by Crippen LogP contribution is -2.47. The van der Waals surface area contributed by atoms with Crippen LogP contribution in [-0.2, 0) is 14.3 Å². The summed E-state index contributed by atoms with van der Waals surface area (Å²) in [4.78, 5) is 13.4. The zero-order chi connectivity index (χ0) is 14.2. The molecule has 0 aromatic carbocycles. The molecule has 1 amide bonds. The van der Waals surface area contributed by atoms with E-state index in [1.807, 2.05) is 0 Å². The van der Waals surface area contributed by atoms with Crippen LogP contribution in [0.25, 0.3) is 0 Å². The molecule has 2 saturated heterocycles. The Morgan fingerprint density at radius 2 is 2.10 bits per heavy atom. The third kappa shape index (κ3) is 5.36. The molecular weight excluding hydrogens is 258 g/mol. The number of carbonyl (C=O) groups is 1. The minimum absolute atomic E-state index is 0.0628. The predicted molar refractivity (Wildman–Crippen MR) is 76.2 cm³/mol. The predicted octanol–water partition coefficient (Wildman–Crippen LogP) is 0.0689. The number of rotatable bonds is 7. The maximum atomic E-state index is 11.2. The largest absolute Gasteiger partial charge is 0.369 e. The first-order valence-corrected chi connectivity index (χ1v) is 7.72. The molecule has 0 aromatic rings. The van der Waals surface area contributed by atoms with Gasteiger partial charge in [-0.05, 0) is 45.2 Å². The van der Waals surface area contributed by atoms with Crippen molar-refractivity contribution in [2.45, 2.75) is 44.4 Å². The van der Waals surface area contributed by atoms with Gasteiger partial charge in [0.25, 0.3) is 0 Å². The molecule has 0 saturated carbocycles. The van der Waals surface area contributed by atoms with E-state index >= 15 is 0 Å². The monoisotopic (exact) mass is 285 g/mol. The highest BCUT2D eigenvalue weighted by molar-refractivity contribution is 5.75. The fourth-order valence-corrected chi connectivity index (χ4v) is 2.91. The molecule has 6 nitrogen and oxygen atoms in total. The van der Waals surface area contributed by atoms with Gasteiger partial charge in [-0.15, -0.1) is 0 Å². The van der Waals surface area contributed by atoms with E-state index in [9.17, 15) is 4.79 Å². The summed E-state index contributed by atoms with van der Waals surface area (Å²) in [5, 5.41) is 3.34. The molecule has 0 bridgehead atoms. The van der Waals surface area contributed by atoms with Gasteiger partial charge < -0.3 is 20.5 Å². The first kappa shape index (κ1) is 15.7. The normalized spacial score (nSPS) is 24.9. The summed E-state index contributed by atoms with van der Waals surface area (Å²) in [6.45, 7) is 4.47. The minimum Gasteiger partial charge on any atom is -0.369 e. The summed E-state index contributed by atoms with van der Waals surface area (Å²) in [6, 6.07) is 0.430. The van der Waals surface area contributed by atoms with E-state index in [0.29, 0.717) is 19.2 Å². The lowest BCUT2D eigenvalue weighted by molar-refractivity contribution is -0.165. The van der Waals surface area contributed by atoms with Crippen LogP contribution >= 0.6 is 0 Å². The van der Waals surface area contributed by atoms with Crippen LogP contribution in [-0.4, -0.2) is 62.5 Å². The number of hydrogen-bond donors (Lipinski definition) is 2. The van der Waals surface area contributed by atoms with Crippen molar-refractivity contribution in [3.63, 3.8) is 0 Å². The van der Waals surface area contributed by atoms with Gasteiger partial charge in [0.2, 0.25) is 5.91 Å². The maximum Gasteiger partial charge on any atom is 0.231 e.